The fourth-order valence-corrected chi connectivity index (χ4v) is 4.28. The minimum absolute atomic E-state index is 0.112. The SMILES string of the molecule is CCCC(=O)Nc1cncc(-c2cc3c(-c4nc5c(-c6ccccn6)nccc5[nH]4)n[nH]c3cc2F)c1. The van der Waals surface area contributed by atoms with Crippen molar-refractivity contribution < 1.29 is 9.18 Å². The summed E-state index contributed by atoms with van der Waals surface area (Å²) in [6.45, 7) is 1.93. The number of carbonyl (C=O) groups excluding carboxylic acids is 1. The third-order valence-electron chi connectivity index (χ3n) is 5.99. The molecule has 0 aliphatic rings. The minimum atomic E-state index is -0.437. The number of benzene rings is 1. The Labute approximate surface area is 210 Å². The molecule has 0 saturated carbocycles. The van der Waals surface area contributed by atoms with E-state index < -0.39 is 5.82 Å². The fourth-order valence-electron chi connectivity index (χ4n) is 4.28. The Morgan fingerprint density at radius 2 is 1.95 bits per heavy atom. The molecule has 10 heteroatoms. The molecule has 1 amide bonds. The van der Waals surface area contributed by atoms with Gasteiger partial charge in [0.05, 0.1) is 28.6 Å². The second-order valence-corrected chi connectivity index (χ2v) is 8.57. The van der Waals surface area contributed by atoms with Crippen LogP contribution in [0.5, 0.6) is 0 Å². The van der Waals surface area contributed by atoms with E-state index in [9.17, 15) is 4.79 Å². The zero-order chi connectivity index (χ0) is 25.4. The van der Waals surface area contributed by atoms with E-state index in [1.807, 2.05) is 31.2 Å². The van der Waals surface area contributed by atoms with Crippen molar-refractivity contribution in [2.24, 2.45) is 0 Å². The molecule has 0 saturated heterocycles. The number of carbonyl (C=O) groups is 1. The first-order valence-electron chi connectivity index (χ1n) is 11.8. The highest BCUT2D eigenvalue weighted by Gasteiger charge is 2.18. The van der Waals surface area contributed by atoms with Crippen LogP contribution in [0.15, 0.2) is 67.3 Å². The van der Waals surface area contributed by atoms with Crippen LogP contribution in [0, 0.1) is 5.82 Å². The molecule has 182 valence electrons. The molecule has 6 rings (SSSR count). The van der Waals surface area contributed by atoms with Crippen molar-refractivity contribution in [3.63, 3.8) is 0 Å². The Hall–Kier alpha value is -4.99. The number of nitrogens with one attached hydrogen (secondary N) is 3. The van der Waals surface area contributed by atoms with Crippen molar-refractivity contribution in [1.82, 2.24) is 35.1 Å². The van der Waals surface area contributed by atoms with E-state index in [0.717, 1.165) is 11.9 Å². The molecule has 5 heterocycles. The number of aromatic amines is 2. The molecule has 0 aliphatic carbocycles. The fraction of sp³-hybridized carbons (Fsp3) is 0.111. The van der Waals surface area contributed by atoms with E-state index in [1.165, 1.54) is 6.07 Å². The predicted molar refractivity (Wildman–Crippen MR) is 139 cm³/mol. The molecule has 1 aromatic carbocycles. The van der Waals surface area contributed by atoms with Crippen molar-refractivity contribution in [3.05, 3.63) is 73.1 Å². The van der Waals surface area contributed by atoms with Crippen molar-refractivity contribution >= 4 is 33.5 Å². The largest absolute Gasteiger partial charge is 0.336 e. The Kier molecular flexibility index (Phi) is 5.61. The summed E-state index contributed by atoms with van der Waals surface area (Å²) in [6, 6.07) is 12.3. The van der Waals surface area contributed by atoms with Gasteiger partial charge in [-0.3, -0.25) is 24.8 Å². The summed E-state index contributed by atoms with van der Waals surface area (Å²) in [5.41, 5.74) is 5.25. The third-order valence-corrected chi connectivity index (χ3v) is 5.99. The highest BCUT2D eigenvalue weighted by Crippen LogP contribution is 2.34. The normalized spacial score (nSPS) is 11.3. The van der Waals surface area contributed by atoms with Gasteiger partial charge >= 0.3 is 0 Å². The molecule has 9 nitrogen and oxygen atoms in total. The molecule has 0 unspecified atom stereocenters. The van der Waals surface area contributed by atoms with Gasteiger partial charge in [0.15, 0.2) is 5.82 Å². The van der Waals surface area contributed by atoms with Crippen molar-refractivity contribution in [3.8, 4) is 34.0 Å². The molecule has 0 fully saturated rings. The predicted octanol–water partition coefficient (Wildman–Crippen LogP) is 5.50. The van der Waals surface area contributed by atoms with Gasteiger partial charge in [-0.2, -0.15) is 5.10 Å². The highest BCUT2D eigenvalue weighted by atomic mass is 19.1. The Bertz CT molecular complexity index is 1760. The smallest absolute Gasteiger partial charge is 0.224 e. The number of hydrogen-bond donors (Lipinski definition) is 3. The maximum Gasteiger partial charge on any atom is 0.224 e. The second-order valence-electron chi connectivity index (χ2n) is 8.57. The van der Waals surface area contributed by atoms with Crippen LogP contribution in [0.25, 0.3) is 56.0 Å². The van der Waals surface area contributed by atoms with E-state index in [0.29, 0.717) is 62.6 Å². The van der Waals surface area contributed by atoms with Gasteiger partial charge in [-0.25, -0.2) is 9.37 Å². The quantitative estimate of drug-likeness (QED) is 0.282. The van der Waals surface area contributed by atoms with Gasteiger partial charge in [0.1, 0.15) is 22.7 Å². The Morgan fingerprint density at radius 3 is 2.78 bits per heavy atom. The molecule has 0 bridgehead atoms. The highest BCUT2D eigenvalue weighted by molar-refractivity contribution is 5.98. The number of imidazole rings is 1. The standard InChI is InChI=1S/C27H21FN8O/c1-2-5-23(37)32-16-10-15(13-29-14-16)17-11-18-22(12-19(17)28)35-36-24(18)27-33-21-7-9-31-25(26(21)34-27)20-6-3-4-8-30-20/h3-4,6-14H,2,5H2,1H3,(H,32,37)(H,33,34)(H,35,36). The lowest BCUT2D eigenvalue weighted by atomic mass is 10.0. The van der Waals surface area contributed by atoms with Gasteiger partial charge in [-0.1, -0.05) is 13.0 Å². The van der Waals surface area contributed by atoms with E-state index in [1.54, 1.807) is 36.9 Å². The second kappa shape index (κ2) is 9.23. The number of H-pyrrole nitrogens is 2. The van der Waals surface area contributed by atoms with E-state index >= 15 is 4.39 Å². The molecule has 0 radical (unpaired) electrons. The maximum atomic E-state index is 15.1. The first-order valence-corrected chi connectivity index (χ1v) is 11.8. The van der Waals surface area contributed by atoms with Gasteiger partial charge in [-0.05, 0) is 36.8 Å². The lowest BCUT2D eigenvalue weighted by Crippen LogP contribution is -2.10. The van der Waals surface area contributed by atoms with Gasteiger partial charge in [-0.15, -0.1) is 0 Å². The Morgan fingerprint density at radius 1 is 1.03 bits per heavy atom. The van der Waals surface area contributed by atoms with Gasteiger partial charge in [0.2, 0.25) is 5.91 Å². The number of amides is 1. The summed E-state index contributed by atoms with van der Waals surface area (Å²) in [5.74, 6) is -0.0329. The number of hydrogen-bond acceptors (Lipinski definition) is 6. The molecular weight excluding hydrogens is 471 g/mol. The molecule has 0 atom stereocenters. The van der Waals surface area contributed by atoms with Crippen LogP contribution in [0.4, 0.5) is 10.1 Å². The zero-order valence-electron chi connectivity index (χ0n) is 19.8. The number of pyridine rings is 3. The Balaban J connectivity index is 1.43. The zero-order valence-corrected chi connectivity index (χ0v) is 19.8. The number of nitrogens with zero attached hydrogens (tertiary/aromatic N) is 5. The van der Waals surface area contributed by atoms with Crippen LogP contribution in [0.1, 0.15) is 19.8 Å². The van der Waals surface area contributed by atoms with E-state index in [2.05, 4.69) is 35.5 Å². The monoisotopic (exact) mass is 492 g/mol. The topological polar surface area (TPSA) is 125 Å². The number of aromatic nitrogens is 7. The van der Waals surface area contributed by atoms with Crippen LogP contribution < -0.4 is 5.32 Å². The molecule has 0 spiro atoms. The molecule has 0 aliphatic heterocycles. The minimum Gasteiger partial charge on any atom is -0.336 e. The van der Waals surface area contributed by atoms with Crippen molar-refractivity contribution in [2.75, 3.05) is 5.32 Å². The summed E-state index contributed by atoms with van der Waals surface area (Å²) in [4.78, 5) is 33.2. The molecule has 5 aromatic heterocycles. The third kappa shape index (κ3) is 4.18. The molecule has 37 heavy (non-hydrogen) atoms. The summed E-state index contributed by atoms with van der Waals surface area (Å²) >= 11 is 0. The maximum absolute atomic E-state index is 15.1. The first kappa shape index (κ1) is 22.5. The van der Waals surface area contributed by atoms with Crippen LogP contribution in [0.3, 0.4) is 0 Å². The average Bonchev–Trinajstić information content (AvgIpc) is 3.52. The number of fused-ring (bicyclic) bond motifs is 2. The molecular formula is C27H21FN8O. The number of rotatable bonds is 6. The van der Waals surface area contributed by atoms with Gasteiger partial charge < -0.3 is 10.3 Å². The van der Waals surface area contributed by atoms with Gasteiger partial charge in [0, 0.05) is 47.6 Å². The van der Waals surface area contributed by atoms with Gasteiger partial charge in [0.25, 0.3) is 0 Å². The molecule has 6 aromatic rings. The average molecular weight is 493 g/mol. The van der Waals surface area contributed by atoms with E-state index in [-0.39, 0.29) is 5.91 Å². The number of anilines is 1. The molecule has 3 N–H and O–H groups in total. The van der Waals surface area contributed by atoms with E-state index in [4.69, 9.17) is 4.98 Å². The first-order chi connectivity index (χ1) is 18.1. The van der Waals surface area contributed by atoms with Crippen LogP contribution in [0.2, 0.25) is 0 Å². The van der Waals surface area contributed by atoms with Crippen LogP contribution in [-0.4, -0.2) is 41.0 Å². The summed E-state index contributed by atoms with van der Waals surface area (Å²) < 4.78 is 15.1. The van der Waals surface area contributed by atoms with Crippen molar-refractivity contribution in [2.45, 2.75) is 19.8 Å². The summed E-state index contributed by atoms with van der Waals surface area (Å²) in [6.07, 6.45) is 7.64. The lowest BCUT2D eigenvalue weighted by molar-refractivity contribution is -0.116. The number of halogens is 1. The van der Waals surface area contributed by atoms with Crippen molar-refractivity contribution in [1.29, 1.82) is 0 Å². The van der Waals surface area contributed by atoms with Crippen LogP contribution >= 0.6 is 0 Å². The summed E-state index contributed by atoms with van der Waals surface area (Å²) in [7, 11) is 0. The van der Waals surface area contributed by atoms with Crippen LogP contribution in [-0.2, 0) is 4.79 Å². The summed E-state index contributed by atoms with van der Waals surface area (Å²) in [5, 5.41) is 10.8. The lowest BCUT2D eigenvalue weighted by Gasteiger charge is -2.08.